The summed E-state index contributed by atoms with van der Waals surface area (Å²) in [6, 6.07) is 3.87. The molecular formula is C21H28N6O3S. The van der Waals surface area contributed by atoms with Crippen molar-refractivity contribution in [1.82, 2.24) is 19.9 Å². The van der Waals surface area contributed by atoms with Crippen molar-refractivity contribution >= 4 is 41.1 Å². The van der Waals surface area contributed by atoms with Crippen LogP contribution in [0, 0.1) is 0 Å². The second kappa shape index (κ2) is 11.0. The standard InChI is InChI=1S/C21H28N6O3S/c1-5-30-20(28)18-16(8-9-26(2)3)24-21(31-4)25-19(18)23-15-6-7-17(22-14-15)27-10-12-29-13-11-27/h6-9,14H,5,10-13H2,1-4H3,(H,23,24,25). The monoisotopic (exact) mass is 444 g/mol. The highest BCUT2D eigenvalue weighted by Gasteiger charge is 2.22. The van der Waals surface area contributed by atoms with E-state index in [0.29, 0.717) is 29.9 Å². The zero-order valence-corrected chi connectivity index (χ0v) is 19.1. The summed E-state index contributed by atoms with van der Waals surface area (Å²) in [6.07, 6.45) is 7.23. The summed E-state index contributed by atoms with van der Waals surface area (Å²) in [7, 11) is 3.80. The van der Waals surface area contributed by atoms with Crippen LogP contribution in [0.4, 0.5) is 17.3 Å². The lowest BCUT2D eigenvalue weighted by molar-refractivity contribution is 0.0526. The Morgan fingerprint density at radius 3 is 2.71 bits per heavy atom. The number of carbonyl (C=O) groups is 1. The van der Waals surface area contributed by atoms with Gasteiger partial charge in [-0.05, 0) is 31.4 Å². The first-order valence-electron chi connectivity index (χ1n) is 10.1. The number of thioether (sulfide) groups is 1. The fourth-order valence-corrected chi connectivity index (χ4v) is 3.33. The number of rotatable bonds is 8. The molecule has 0 aliphatic carbocycles. The number of ether oxygens (including phenoxy) is 2. The van der Waals surface area contributed by atoms with E-state index < -0.39 is 5.97 Å². The van der Waals surface area contributed by atoms with Gasteiger partial charge in [0, 0.05) is 33.4 Å². The maximum atomic E-state index is 12.8. The number of carbonyl (C=O) groups excluding carboxylic acids is 1. The van der Waals surface area contributed by atoms with Crippen LogP contribution in [0.5, 0.6) is 0 Å². The molecule has 1 aliphatic heterocycles. The first-order valence-corrected chi connectivity index (χ1v) is 11.3. The van der Waals surface area contributed by atoms with Gasteiger partial charge in [-0.2, -0.15) is 0 Å². The summed E-state index contributed by atoms with van der Waals surface area (Å²) in [5, 5.41) is 3.77. The van der Waals surface area contributed by atoms with E-state index >= 15 is 0 Å². The molecule has 2 aromatic rings. The second-order valence-electron chi connectivity index (χ2n) is 6.95. The molecule has 0 atom stereocenters. The number of hydrogen-bond donors (Lipinski definition) is 1. The summed E-state index contributed by atoms with van der Waals surface area (Å²) in [5.41, 5.74) is 1.50. The Hall–Kier alpha value is -2.85. The normalized spacial score (nSPS) is 14.0. The lowest BCUT2D eigenvalue weighted by atomic mass is 10.2. The Morgan fingerprint density at radius 1 is 1.32 bits per heavy atom. The van der Waals surface area contributed by atoms with Crippen LogP contribution in [-0.2, 0) is 9.47 Å². The molecule has 1 aliphatic rings. The number of morpholine rings is 1. The first-order chi connectivity index (χ1) is 15.0. The highest BCUT2D eigenvalue weighted by Crippen LogP contribution is 2.26. The zero-order chi connectivity index (χ0) is 22.2. The zero-order valence-electron chi connectivity index (χ0n) is 18.3. The van der Waals surface area contributed by atoms with Crippen molar-refractivity contribution in [3.63, 3.8) is 0 Å². The van der Waals surface area contributed by atoms with E-state index in [0.717, 1.165) is 24.6 Å². The highest BCUT2D eigenvalue weighted by atomic mass is 32.2. The van der Waals surface area contributed by atoms with Crippen LogP contribution < -0.4 is 10.2 Å². The Morgan fingerprint density at radius 2 is 2.10 bits per heavy atom. The average molecular weight is 445 g/mol. The predicted octanol–water partition coefficient (Wildman–Crippen LogP) is 2.88. The number of hydrogen-bond acceptors (Lipinski definition) is 10. The van der Waals surface area contributed by atoms with Crippen LogP contribution in [0.15, 0.2) is 29.7 Å². The summed E-state index contributed by atoms with van der Waals surface area (Å²) in [5.74, 6) is 0.799. The largest absolute Gasteiger partial charge is 0.462 e. The van der Waals surface area contributed by atoms with E-state index in [-0.39, 0.29) is 12.2 Å². The molecule has 166 valence electrons. The Kier molecular flexibility index (Phi) is 8.07. The van der Waals surface area contributed by atoms with Crippen molar-refractivity contribution in [3.05, 3.63) is 35.8 Å². The minimum Gasteiger partial charge on any atom is -0.462 e. The second-order valence-corrected chi connectivity index (χ2v) is 7.72. The van der Waals surface area contributed by atoms with Gasteiger partial charge in [0.05, 0.1) is 37.4 Å². The SMILES string of the molecule is CCOC(=O)c1c(C=CN(C)C)nc(SC)nc1Nc1ccc(N2CCOCC2)nc1. The number of esters is 1. The number of nitrogens with zero attached hydrogens (tertiary/aromatic N) is 5. The van der Waals surface area contributed by atoms with Crippen molar-refractivity contribution in [2.75, 3.05) is 63.5 Å². The minimum absolute atomic E-state index is 0.259. The van der Waals surface area contributed by atoms with Crippen LogP contribution in [0.3, 0.4) is 0 Å². The quantitative estimate of drug-likeness (QED) is 0.372. The maximum Gasteiger partial charge on any atom is 0.344 e. The lowest BCUT2D eigenvalue weighted by Gasteiger charge is -2.27. The molecule has 3 rings (SSSR count). The third-order valence-corrected chi connectivity index (χ3v) is 5.00. The molecule has 1 fully saturated rings. The molecule has 0 radical (unpaired) electrons. The fourth-order valence-electron chi connectivity index (χ4n) is 2.96. The topological polar surface area (TPSA) is 92.7 Å². The molecule has 0 spiro atoms. The number of aromatic nitrogens is 3. The maximum absolute atomic E-state index is 12.8. The van der Waals surface area contributed by atoms with Crippen LogP contribution in [0.1, 0.15) is 23.0 Å². The third kappa shape index (κ3) is 6.08. The third-order valence-electron chi connectivity index (χ3n) is 4.45. The molecule has 0 saturated carbocycles. The van der Waals surface area contributed by atoms with E-state index in [2.05, 4.69) is 25.2 Å². The van der Waals surface area contributed by atoms with Crippen LogP contribution in [0.2, 0.25) is 0 Å². The Balaban J connectivity index is 1.94. The number of nitrogens with one attached hydrogen (secondary N) is 1. The molecule has 0 amide bonds. The van der Waals surface area contributed by atoms with Gasteiger partial charge in [-0.3, -0.25) is 0 Å². The molecule has 31 heavy (non-hydrogen) atoms. The molecule has 0 aromatic carbocycles. The number of anilines is 3. The van der Waals surface area contributed by atoms with Gasteiger partial charge in [0.25, 0.3) is 0 Å². The van der Waals surface area contributed by atoms with E-state index in [1.807, 2.05) is 43.6 Å². The fraction of sp³-hybridized carbons (Fsp3) is 0.429. The van der Waals surface area contributed by atoms with Crippen molar-refractivity contribution in [3.8, 4) is 0 Å². The van der Waals surface area contributed by atoms with Gasteiger partial charge in [-0.15, -0.1) is 0 Å². The Labute approximate surface area is 186 Å². The molecule has 1 saturated heterocycles. The van der Waals surface area contributed by atoms with Gasteiger partial charge >= 0.3 is 5.97 Å². The van der Waals surface area contributed by atoms with Gasteiger partial charge in [-0.1, -0.05) is 11.8 Å². The van der Waals surface area contributed by atoms with E-state index in [9.17, 15) is 4.79 Å². The van der Waals surface area contributed by atoms with Crippen LogP contribution in [0.25, 0.3) is 6.08 Å². The van der Waals surface area contributed by atoms with Gasteiger partial charge in [0.15, 0.2) is 5.16 Å². The van der Waals surface area contributed by atoms with Gasteiger partial charge in [-0.25, -0.2) is 19.7 Å². The smallest absolute Gasteiger partial charge is 0.344 e. The predicted molar refractivity (Wildman–Crippen MR) is 123 cm³/mol. The van der Waals surface area contributed by atoms with Gasteiger partial charge < -0.3 is 24.6 Å². The molecule has 0 unspecified atom stereocenters. The van der Waals surface area contributed by atoms with Crippen LogP contribution in [-0.4, -0.2) is 79.1 Å². The first kappa shape index (κ1) is 22.8. The van der Waals surface area contributed by atoms with Crippen LogP contribution >= 0.6 is 11.8 Å². The molecule has 10 heteroatoms. The minimum atomic E-state index is -0.478. The molecule has 9 nitrogen and oxygen atoms in total. The summed E-state index contributed by atoms with van der Waals surface area (Å²) >= 11 is 1.40. The average Bonchev–Trinajstić information content (AvgIpc) is 2.78. The molecule has 1 N–H and O–H groups in total. The lowest BCUT2D eigenvalue weighted by Crippen LogP contribution is -2.36. The molecular weight excluding hydrogens is 416 g/mol. The van der Waals surface area contributed by atoms with Crippen molar-refractivity contribution in [2.24, 2.45) is 0 Å². The van der Waals surface area contributed by atoms with Crippen molar-refractivity contribution in [2.45, 2.75) is 12.1 Å². The van der Waals surface area contributed by atoms with E-state index in [1.54, 1.807) is 19.2 Å². The number of pyridine rings is 1. The highest BCUT2D eigenvalue weighted by molar-refractivity contribution is 7.98. The molecule has 2 aromatic heterocycles. The molecule has 3 heterocycles. The summed E-state index contributed by atoms with van der Waals surface area (Å²) in [4.78, 5) is 30.4. The van der Waals surface area contributed by atoms with Crippen molar-refractivity contribution < 1.29 is 14.3 Å². The van der Waals surface area contributed by atoms with E-state index in [4.69, 9.17) is 9.47 Å². The Bertz CT molecular complexity index is 914. The van der Waals surface area contributed by atoms with Crippen molar-refractivity contribution in [1.29, 1.82) is 0 Å². The van der Waals surface area contributed by atoms with Gasteiger partial charge in [0.2, 0.25) is 0 Å². The summed E-state index contributed by atoms with van der Waals surface area (Å²) in [6.45, 7) is 5.06. The van der Waals surface area contributed by atoms with Gasteiger partial charge in [0.1, 0.15) is 17.2 Å². The molecule has 0 bridgehead atoms. The summed E-state index contributed by atoms with van der Waals surface area (Å²) < 4.78 is 10.7. The van der Waals surface area contributed by atoms with E-state index in [1.165, 1.54) is 11.8 Å².